The number of carboxylic acids is 1. The van der Waals surface area contributed by atoms with Crippen LogP contribution in [0.3, 0.4) is 0 Å². The lowest BCUT2D eigenvalue weighted by molar-refractivity contribution is 0.0693. The second-order valence-electron chi connectivity index (χ2n) is 7.91. The van der Waals surface area contributed by atoms with Gasteiger partial charge in [-0.05, 0) is 42.0 Å². The maximum absolute atomic E-state index is 13.0. The van der Waals surface area contributed by atoms with Crippen molar-refractivity contribution in [1.82, 2.24) is 9.88 Å². The van der Waals surface area contributed by atoms with Crippen molar-refractivity contribution >= 4 is 23.4 Å². The van der Waals surface area contributed by atoms with E-state index in [0.29, 0.717) is 23.7 Å². The average Bonchev–Trinajstić information content (AvgIpc) is 3.47. The van der Waals surface area contributed by atoms with E-state index in [-0.39, 0.29) is 23.4 Å². The highest BCUT2D eigenvalue weighted by Crippen LogP contribution is 2.45. The first-order chi connectivity index (χ1) is 15.0. The fraction of sp³-hybridized carbons (Fsp3) is 0.292. The molecule has 1 fully saturated rings. The monoisotopic (exact) mass is 434 g/mol. The first-order valence-corrected chi connectivity index (χ1v) is 11.2. The molecule has 1 atom stereocenters. The molecule has 7 heteroatoms. The summed E-state index contributed by atoms with van der Waals surface area (Å²) in [6.45, 7) is 2.57. The number of hydrogen-bond donors (Lipinski definition) is 1. The van der Waals surface area contributed by atoms with E-state index in [9.17, 15) is 14.7 Å². The highest BCUT2D eigenvalue weighted by Gasteiger charge is 2.37. The Morgan fingerprint density at radius 2 is 1.77 bits per heavy atom. The fourth-order valence-electron chi connectivity index (χ4n) is 4.77. The summed E-state index contributed by atoms with van der Waals surface area (Å²) < 4.78 is 5.80. The van der Waals surface area contributed by atoms with E-state index in [2.05, 4.69) is 29.2 Å². The van der Waals surface area contributed by atoms with Crippen molar-refractivity contribution in [3.05, 3.63) is 75.2 Å². The van der Waals surface area contributed by atoms with Crippen molar-refractivity contribution in [3.8, 4) is 11.1 Å². The summed E-state index contributed by atoms with van der Waals surface area (Å²) in [4.78, 5) is 30.9. The molecule has 0 saturated carbocycles. The number of benzene rings is 2. The number of fused-ring (bicyclic) bond motifs is 3. The number of aromatic carboxylic acids is 1. The van der Waals surface area contributed by atoms with Gasteiger partial charge >= 0.3 is 12.1 Å². The normalized spacial score (nSPS) is 17.5. The number of carboxylic acid groups (broad SMARTS) is 1. The predicted octanol–water partition coefficient (Wildman–Crippen LogP) is 5.24. The fourth-order valence-corrected chi connectivity index (χ4v) is 5.58. The van der Waals surface area contributed by atoms with Crippen LogP contribution in [-0.4, -0.2) is 40.2 Å². The van der Waals surface area contributed by atoms with Crippen LogP contribution in [0.5, 0.6) is 0 Å². The quantitative estimate of drug-likeness (QED) is 0.608. The topological polar surface area (TPSA) is 79.7 Å². The number of nitrogens with zero attached hydrogens (tertiary/aromatic N) is 2. The van der Waals surface area contributed by atoms with E-state index in [1.165, 1.54) is 11.1 Å². The van der Waals surface area contributed by atoms with Gasteiger partial charge in [0.1, 0.15) is 11.5 Å². The Hall–Kier alpha value is -3.19. The number of thiazole rings is 1. The maximum atomic E-state index is 13.0. The first-order valence-electron chi connectivity index (χ1n) is 10.4. The summed E-state index contributed by atoms with van der Waals surface area (Å²) in [7, 11) is 0. The number of rotatable bonds is 4. The van der Waals surface area contributed by atoms with Crippen LogP contribution < -0.4 is 0 Å². The molecule has 2 heterocycles. The first kappa shape index (κ1) is 19.8. The van der Waals surface area contributed by atoms with Crippen molar-refractivity contribution in [2.75, 3.05) is 13.2 Å². The van der Waals surface area contributed by atoms with E-state index in [1.807, 2.05) is 24.3 Å². The minimum absolute atomic E-state index is 0.00602. The van der Waals surface area contributed by atoms with E-state index in [1.54, 1.807) is 11.8 Å². The molecular weight excluding hydrogens is 412 g/mol. The second kappa shape index (κ2) is 7.81. The van der Waals surface area contributed by atoms with Crippen LogP contribution in [0.2, 0.25) is 0 Å². The molecule has 2 aromatic carbocycles. The lowest BCUT2D eigenvalue weighted by atomic mass is 9.98. The second-order valence-corrected chi connectivity index (χ2v) is 9.11. The van der Waals surface area contributed by atoms with Crippen LogP contribution in [0.15, 0.2) is 48.5 Å². The van der Waals surface area contributed by atoms with Gasteiger partial charge in [-0.2, -0.15) is 0 Å². The van der Waals surface area contributed by atoms with Gasteiger partial charge in [-0.3, -0.25) is 4.90 Å². The Kier molecular flexibility index (Phi) is 4.98. The molecule has 1 aliphatic heterocycles. The minimum Gasteiger partial charge on any atom is -0.477 e. The van der Waals surface area contributed by atoms with Gasteiger partial charge in [0.2, 0.25) is 0 Å². The molecule has 31 heavy (non-hydrogen) atoms. The molecule has 6 nitrogen and oxygen atoms in total. The Morgan fingerprint density at radius 1 is 1.13 bits per heavy atom. The van der Waals surface area contributed by atoms with Crippen molar-refractivity contribution < 1.29 is 19.4 Å². The summed E-state index contributed by atoms with van der Waals surface area (Å²) in [6, 6.07) is 16.1. The van der Waals surface area contributed by atoms with Gasteiger partial charge in [0.05, 0.1) is 16.7 Å². The molecule has 2 aliphatic rings. The zero-order valence-corrected chi connectivity index (χ0v) is 17.9. The Labute approximate surface area is 184 Å². The third-order valence-electron chi connectivity index (χ3n) is 6.09. The SMILES string of the molecule is Cc1nc([C@@H]2CCCN2C(=O)OCC2c3ccccc3-c3ccccc32)c(C(=O)O)s1. The molecular formula is C24H22N2O4S. The van der Waals surface area contributed by atoms with Gasteiger partial charge in [-0.15, -0.1) is 11.3 Å². The molecule has 158 valence electrons. The molecule has 0 spiro atoms. The summed E-state index contributed by atoms with van der Waals surface area (Å²) in [5.41, 5.74) is 5.17. The molecule has 1 amide bonds. The molecule has 1 aliphatic carbocycles. The number of ether oxygens (including phenoxy) is 1. The van der Waals surface area contributed by atoms with Gasteiger partial charge in [-0.25, -0.2) is 14.6 Å². The Morgan fingerprint density at radius 3 is 2.42 bits per heavy atom. The molecule has 0 radical (unpaired) electrons. The average molecular weight is 435 g/mol. The lowest BCUT2D eigenvalue weighted by Gasteiger charge is -2.24. The molecule has 0 unspecified atom stereocenters. The highest BCUT2D eigenvalue weighted by atomic mass is 32.1. The number of aryl methyl sites for hydroxylation is 1. The molecule has 1 aromatic heterocycles. The number of aromatic nitrogens is 1. The number of likely N-dealkylation sites (tertiary alicyclic amines) is 1. The molecule has 3 aromatic rings. The van der Waals surface area contributed by atoms with Crippen molar-refractivity contribution in [2.45, 2.75) is 31.7 Å². The van der Waals surface area contributed by atoms with E-state index in [4.69, 9.17) is 4.74 Å². The van der Waals surface area contributed by atoms with E-state index < -0.39 is 12.1 Å². The zero-order chi connectivity index (χ0) is 21.5. The molecule has 1 saturated heterocycles. The minimum atomic E-state index is -1.00. The van der Waals surface area contributed by atoms with Crippen LogP contribution in [0.1, 0.15) is 56.3 Å². The summed E-state index contributed by atoms with van der Waals surface area (Å²) in [5.74, 6) is -1.01. The smallest absolute Gasteiger partial charge is 0.410 e. The maximum Gasteiger partial charge on any atom is 0.410 e. The number of amides is 1. The number of carbonyl (C=O) groups is 2. The van der Waals surface area contributed by atoms with Crippen LogP contribution in [0.4, 0.5) is 4.79 Å². The predicted molar refractivity (Wildman–Crippen MR) is 118 cm³/mol. The third-order valence-corrected chi connectivity index (χ3v) is 7.07. The molecule has 5 rings (SSSR count). The third kappa shape index (κ3) is 3.39. The van der Waals surface area contributed by atoms with Crippen molar-refractivity contribution in [3.63, 3.8) is 0 Å². The van der Waals surface area contributed by atoms with Crippen LogP contribution in [0.25, 0.3) is 11.1 Å². The van der Waals surface area contributed by atoms with Crippen LogP contribution in [0, 0.1) is 6.92 Å². The van der Waals surface area contributed by atoms with E-state index in [0.717, 1.165) is 28.9 Å². The zero-order valence-electron chi connectivity index (χ0n) is 17.1. The largest absolute Gasteiger partial charge is 0.477 e. The number of hydrogen-bond acceptors (Lipinski definition) is 5. The van der Waals surface area contributed by atoms with Gasteiger partial charge in [0.15, 0.2) is 0 Å². The van der Waals surface area contributed by atoms with E-state index >= 15 is 0 Å². The van der Waals surface area contributed by atoms with Crippen LogP contribution in [-0.2, 0) is 4.74 Å². The van der Waals surface area contributed by atoms with Gasteiger partial charge in [-0.1, -0.05) is 48.5 Å². The van der Waals surface area contributed by atoms with Gasteiger partial charge < -0.3 is 9.84 Å². The van der Waals surface area contributed by atoms with Gasteiger partial charge in [0.25, 0.3) is 0 Å². The van der Waals surface area contributed by atoms with Crippen LogP contribution >= 0.6 is 11.3 Å². The summed E-state index contributed by atoms with van der Waals surface area (Å²) in [6.07, 6.45) is 1.07. The summed E-state index contributed by atoms with van der Waals surface area (Å²) >= 11 is 1.15. The standard InChI is InChI=1S/C24H22N2O4S/c1-14-25-21(22(31-14)23(27)28)20-11-6-12-26(20)24(29)30-13-19-17-9-4-2-7-15(17)16-8-3-5-10-18(16)19/h2-5,7-10,19-20H,6,11-13H2,1H3,(H,27,28)/t20-/m0/s1. The molecule has 0 bridgehead atoms. The molecule has 1 N–H and O–H groups in total. The van der Waals surface area contributed by atoms with Crippen molar-refractivity contribution in [1.29, 1.82) is 0 Å². The Bertz CT molecular complexity index is 1130. The highest BCUT2D eigenvalue weighted by molar-refractivity contribution is 7.13. The lowest BCUT2D eigenvalue weighted by Crippen LogP contribution is -2.32. The van der Waals surface area contributed by atoms with Crippen molar-refractivity contribution in [2.24, 2.45) is 0 Å². The van der Waals surface area contributed by atoms with Gasteiger partial charge in [0, 0.05) is 12.5 Å². The number of carbonyl (C=O) groups excluding carboxylic acids is 1. The summed E-state index contributed by atoms with van der Waals surface area (Å²) in [5, 5.41) is 10.2. The Balaban J connectivity index is 1.36.